The van der Waals surface area contributed by atoms with E-state index in [-0.39, 0.29) is 5.91 Å². The largest absolute Gasteiger partial charge is 0.455 e. The van der Waals surface area contributed by atoms with Crippen LogP contribution >= 0.6 is 31.9 Å². The lowest BCUT2D eigenvalue weighted by molar-refractivity contribution is -0.116. The summed E-state index contributed by atoms with van der Waals surface area (Å²) >= 11 is 6.90. The highest BCUT2D eigenvalue weighted by Crippen LogP contribution is 2.34. The van der Waals surface area contributed by atoms with Crippen LogP contribution in [-0.2, 0) is 4.79 Å². The number of aryl methyl sites for hydroxylation is 1. The second kappa shape index (κ2) is 6.39. The van der Waals surface area contributed by atoms with Gasteiger partial charge in [0.2, 0.25) is 0 Å². The molecule has 3 N–H and O–H groups in total. The first-order chi connectivity index (χ1) is 9.51. The van der Waals surface area contributed by atoms with Gasteiger partial charge in [0, 0.05) is 16.1 Å². The molecular formula is C14H12Br2N2O2. The van der Waals surface area contributed by atoms with E-state index in [1.807, 2.05) is 30.5 Å². The van der Waals surface area contributed by atoms with Gasteiger partial charge < -0.3 is 4.42 Å². The average molecular weight is 400 g/mol. The fourth-order valence-corrected chi connectivity index (χ4v) is 2.74. The van der Waals surface area contributed by atoms with E-state index in [1.165, 1.54) is 6.08 Å². The van der Waals surface area contributed by atoms with E-state index in [4.69, 9.17) is 10.3 Å². The summed E-state index contributed by atoms with van der Waals surface area (Å²) in [6.45, 7) is 2.01. The molecule has 20 heavy (non-hydrogen) atoms. The number of benzene rings is 1. The van der Waals surface area contributed by atoms with Crippen molar-refractivity contribution in [1.29, 1.82) is 0 Å². The van der Waals surface area contributed by atoms with Crippen LogP contribution in [0.4, 0.5) is 0 Å². The fourth-order valence-electron chi connectivity index (χ4n) is 1.74. The van der Waals surface area contributed by atoms with Gasteiger partial charge in [0.05, 0.1) is 4.47 Å². The molecule has 2 aromatic rings. The molecule has 0 unspecified atom stereocenters. The monoisotopic (exact) mass is 398 g/mol. The Bertz CT molecular complexity index is 678. The van der Waals surface area contributed by atoms with Crippen LogP contribution in [-0.4, -0.2) is 5.91 Å². The van der Waals surface area contributed by atoms with Crippen molar-refractivity contribution in [3.8, 4) is 11.3 Å². The van der Waals surface area contributed by atoms with Crippen molar-refractivity contribution in [2.24, 2.45) is 5.84 Å². The van der Waals surface area contributed by atoms with Crippen LogP contribution in [0.25, 0.3) is 17.4 Å². The van der Waals surface area contributed by atoms with Gasteiger partial charge in [-0.05, 0) is 58.8 Å². The summed E-state index contributed by atoms with van der Waals surface area (Å²) < 4.78 is 7.59. The zero-order valence-corrected chi connectivity index (χ0v) is 13.8. The van der Waals surface area contributed by atoms with Crippen LogP contribution < -0.4 is 11.3 Å². The van der Waals surface area contributed by atoms with Crippen LogP contribution in [0.15, 0.2) is 43.7 Å². The van der Waals surface area contributed by atoms with E-state index in [0.29, 0.717) is 5.76 Å². The molecule has 1 aromatic heterocycles. The molecule has 0 saturated carbocycles. The van der Waals surface area contributed by atoms with Gasteiger partial charge in [-0.3, -0.25) is 10.2 Å². The van der Waals surface area contributed by atoms with Crippen molar-refractivity contribution in [2.75, 3.05) is 0 Å². The zero-order valence-electron chi connectivity index (χ0n) is 10.6. The number of hydrazine groups is 1. The van der Waals surface area contributed by atoms with Gasteiger partial charge in [-0.25, -0.2) is 5.84 Å². The molecule has 0 atom stereocenters. The maximum Gasteiger partial charge on any atom is 0.258 e. The number of furan rings is 1. The van der Waals surface area contributed by atoms with E-state index in [0.717, 1.165) is 25.8 Å². The van der Waals surface area contributed by atoms with Crippen molar-refractivity contribution >= 4 is 43.8 Å². The third-order valence-electron chi connectivity index (χ3n) is 2.68. The van der Waals surface area contributed by atoms with Crippen molar-refractivity contribution in [3.05, 3.63) is 50.6 Å². The number of nitrogens with one attached hydrogen (secondary N) is 1. The van der Waals surface area contributed by atoms with E-state index in [2.05, 4.69) is 31.9 Å². The van der Waals surface area contributed by atoms with Crippen LogP contribution in [0.1, 0.15) is 11.3 Å². The Morgan fingerprint density at radius 2 is 2.10 bits per heavy atom. The summed E-state index contributed by atoms with van der Waals surface area (Å²) in [5.74, 6) is 5.90. The van der Waals surface area contributed by atoms with E-state index >= 15 is 0 Å². The predicted octanol–water partition coefficient (Wildman–Crippen LogP) is 3.78. The number of hydrogen-bond donors (Lipinski definition) is 2. The minimum Gasteiger partial charge on any atom is -0.455 e. The fraction of sp³-hybridized carbons (Fsp3) is 0.0714. The molecule has 0 aliphatic carbocycles. The Morgan fingerprint density at radius 3 is 2.75 bits per heavy atom. The third-order valence-corrected chi connectivity index (χ3v) is 3.76. The van der Waals surface area contributed by atoms with E-state index in [1.54, 1.807) is 12.1 Å². The maximum absolute atomic E-state index is 11.1. The molecule has 4 nitrogen and oxygen atoms in total. The SMILES string of the molecule is Cc1cc(Br)ccc1-c1oc(/C=C/C(=O)NN)cc1Br. The molecule has 6 heteroatoms. The molecule has 1 amide bonds. The smallest absolute Gasteiger partial charge is 0.258 e. The molecule has 0 spiro atoms. The first-order valence-corrected chi connectivity index (χ1v) is 7.34. The molecule has 0 saturated heterocycles. The van der Waals surface area contributed by atoms with E-state index in [9.17, 15) is 4.79 Å². The lowest BCUT2D eigenvalue weighted by Gasteiger charge is -2.03. The number of carbonyl (C=O) groups is 1. The van der Waals surface area contributed by atoms with Crippen LogP contribution in [0.2, 0.25) is 0 Å². The molecule has 104 valence electrons. The predicted molar refractivity (Wildman–Crippen MR) is 85.6 cm³/mol. The minimum absolute atomic E-state index is 0.390. The standard InChI is InChI=1S/C14H12Br2N2O2/c1-8-6-9(15)2-4-11(8)14-12(16)7-10(20-14)3-5-13(19)18-17/h2-7H,17H2,1H3,(H,18,19)/b5-3+. The number of halogens is 2. The first-order valence-electron chi connectivity index (χ1n) is 5.76. The van der Waals surface area contributed by atoms with Gasteiger partial charge in [0.25, 0.3) is 5.91 Å². The van der Waals surface area contributed by atoms with Crippen molar-refractivity contribution in [3.63, 3.8) is 0 Å². The molecule has 0 radical (unpaired) electrons. The van der Waals surface area contributed by atoms with Gasteiger partial charge in [-0.2, -0.15) is 0 Å². The Balaban J connectivity index is 2.36. The van der Waals surface area contributed by atoms with Gasteiger partial charge in [0.15, 0.2) is 0 Å². The van der Waals surface area contributed by atoms with Gasteiger partial charge >= 0.3 is 0 Å². The zero-order chi connectivity index (χ0) is 14.7. The van der Waals surface area contributed by atoms with Crippen molar-refractivity contribution in [1.82, 2.24) is 5.43 Å². The summed E-state index contributed by atoms with van der Waals surface area (Å²) in [7, 11) is 0. The second-order valence-corrected chi connectivity index (χ2v) is 5.90. The number of hydrogen-bond acceptors (Lipinski definition) is 3. The molecule has 2 rings (SSSR count). The molecule has 1 aromatic carbocycles. The van der Waals surface area contributed by atoms with Crippen molar-refractivity contribution in [2.45, 2.75) is 6.92 Å². The Labute approximate surface area is 133 Å². The molecule has 0 fully saturated rings. The number of rotatable bonds is 3. The molecule has 1 heterocycles. The summed E-state index contributed by atoms with van der Waals surface area (Å²) in [4.78, 5) is 11.1. The summed E-state index contributed by atoms with van der Waals surface area (Å²) in [5.41, 5.74) is 4.10. The van der Waals surface area contributed by atoms with Crippen LogP contribution in [0.5, 0.6) is 0 Å². The van der Waals surface area contributed by atoms with Crippen LogP contribution in [0, 0.1) is 6.92 Å². The van der Waals surface area contributed by atoms with Gasteiger partial charge in [-0.15, -0.1) is 0 Å². The van der Waals surface area contributed by atoms with E-state index < -0.39 is 0 Å². The number of carbonyl (C=O) groups excluding carboxylic acids is 1. The van der Waals surface area contributed by atoms with Gasteiger partial charge in [0.1, 0.15) is 11.5 Å². The molecular weight excluding hydrogens is 388 g/mol. The Hall–Kier alpha value is -1.37. The highest BCUT2D eigenvalue weighted by atomic mass is 79.9. The summed E-state index contributed by atoms with van der Waals surface area (Å²) in [5, 5.41) is 0. The maximum atomic E-state index is 11.1. The highest BCUT2D eigenvalue weighted by Gasteiger charge is 2.12. The first kappa shape index (κ1) is 15.0. The van der Waals surface area contributed by atoms with Crippen molar-refractivity contribution < 1.29 is 9.21 Å². The lowest BCUT2D eigenvalue weighted by Crippen LogP contribution is -2.27. The summed E-state index contributed by atoms with van der Waals surface area (Å²) in [6, 6.07) is 7.75. The minimum atomic E-state index is -0.390. The lowest BCUT2D eigenvalue weighted by atomic mass is 10.1. The quantitative estimate of drug-likeness (QED) is 0.357. The number of nitrogens with two attached hydrogens (primary N) is 1. The topological polar surface area (TPSA) is 68.3 Å². The van der Waals surface area contributed by atoms with Crippen LogP contribution in [0.3, 0.4) is 0 Å². The normalized spacial score (nSPS) is 11.0. The Morgan fingerprint density at radius 1 is 1.35 bits per heavy atom. The number of amides is 1. The Kier molecular flexibility index (Phi) is 4.80. The molecule has 0 aliphatic rings. The molecule has 0 aliphatic heterocycles. The highest BCUT2D eigenvalue weighted by molar-refractivity contribution is 9.10. The summed E-state index contributed by atoms with van der Waals surface area (Å²) in [6.07, 6.45) is 2.87. The molecule has 0 bridgehead atoms. The third kappa shape index (κ3) is 3.39. The average Bonchev–Trinajstić information content (AvgIpc) is 2.77. The van der Waals surface area contributed by atoms with Gasteiger partial charge in [-0.1, -0.05) is 15.9 Å². The second-order valence-electron chi connectivity index (χ2n) is 4.13.